The van der Waals surface area contributed by atoms with Gasteiger partial charge >= 0.3 is 5.97 Å². The minimum Gasteiger partial charge on any atom is -0.480 e. The van der Waals surface area contributed by atoms with Crippen molar-refractivity contribution in [2.24, 2.45) is 0 Å². The molecule has 0 heterocycles. The topological polar surface area (TPSA) is 75.6 Å². The highest BCUT2D eigenvalue weighted by atomic mass is 16.5. The van der Waals surface area contributed by atoms with E-state index < -0.39 is 12.0 Å². The van der Waals surface area contributed by atoms with E-state index in [1.165, 1.54) is 0 Å². The van der Waals surface area contributed by atoms with Gasteiger partial charge in [0, 0.05) is 19.3 Å². The van der Waals surface area contributed by atoms with Crippen molar-refractivity contribution in [3.63, 3.8) is 0 Å². The van der Waals surface area contributed by atoms with Gasteiger partial charge in [-0.1, -0.05) is 19.1 Å². The normalized spacial score (nSPS) is 11.9. The Labute approximate surface area is 118 Å². The molecule has 20 heavy (non-hydrogen) atoms. The Morgan fingerprint density at radius 2 is 1.95 bits per heavy atom. The van der Waals surface area contributed by atoms with Gasteiger partial charge < -0.3 is 15.2 Å². The molecule has 5 heteroatoms. The molecule has 0 saturated carbocycles. The molecule has 0 aliphatic rings. The number of rotatable bonds is 8. The van der Waals surface area contributed by atoms with Crippen molar-refractivity contribution in [2.75, 3.05) is 13.7 Å². The maximum absolute atomic E-state index is 12.0. The molecule has 0 aromatic heterocycles. The molecular formula is C15H21NO4. The number of amides is 1. The SMILES string of the molecule is CCc1ccc(C(=O)NC(CCCOC)C(=O)O)cc1. The van der Waals surface area contributed by atoms with E-state index in [2.05, 4.69) is 5.32 Å². The molecule has 0 radical (unpaired) electrons. The first-order valence-corrected chi connectivity index (χ1v) is 6.70. The van der Waals surface area contributed by atoms with Crippen molar-refractivity contribution < 1.29 is 19.4 Å². The summed E-state index contributed by atoms with van der Waals surface area (Å²) >= 11 is 0. The highest BCUT2D eigenvalue weighted by Gasteiger charge is 2.20. The number of hydrogen-bond donors (Lipinski definition) is 2. The lowest BCUT2D eigenvalue weighted by Gasteiger charge is -2.14. The van der Waals surface area contributed by atoms with Gasteiger partial charge in [-0.2, -0.15) is 0 Å². The molecule has 0 bridgehead atoms. The molecule has 1 unspecified atom stereocenters. The summed E-state index contributed by atoms with van der Waals surface area (Å²) in [6, 6.07) is 6.28. The van der Waals surface area contributed by atoms with Crippen LogP contribution in [0.15, 0.2) is 24.3 Å². The number of methoxy groups -OCH3 is 1. The Kier molecular flexibility index (Phi) is 6.73. The van der Waals surface area contributed by atoms with E-state index in [-0.39, 0.29) is 5.91 Å². The molecule has 0 aliphatic carbocycles. The summed E-state index contributed by atoms with van der Waals surface area (Å²) in [5.41, 5.74) is 1.61. The van der Waals surface area contributed by atoms with Gasteiger partial charge in [-0.05, 0) is 37.0 Å². The van der Waals surface area contributed by atoms with Crippen molar-refractivity contribution in [1.29, 1.82) is 0 Å². The zero-order chi connectivity index (χ0) is 15.0. The number of nitrogens with one attached hydrogen (secondary N) is 1. The number of ether oxygens (including phenoxy) is 1. The Balaban J connectivity index is 2.62. The number of hydrogen-bond acceptors (Lipinski definition) is 3. The summed E-state index contributed by atoms with van der Waals surface area (Å²) in [4.78, 5) is 23.1. The average molecular weight is 279 g/mol. The Hall–Kier alpha value is -1.88. The van der Waals surface area contributed by atoms with Gasteiger partial charge in [0.05, 0.1) is 0 Å². The van der Waals surface area contributed by atoms with Crippen LogP contribution in [0.3, 0.4) is 0 Å². The molecule has 2 N–H and O–H groups in total. The van der Waals surface area contributed by atoms with Crippen LogP contribution in [-0.4, -0.2) is 36.7 Å². The van der Waals surface area contributed by atoms with Crippen LogP contribution >= 0.6 is 0 Å². The second-order valence-electron chi connectivity index (χ2n) is 4.55. The van der Waals surface area contributed by atoms with E-state index in [4.69, 9.17) is 9.84 Å². The number of benzene rings is 1. The zero-order valence-corrected chi connectivity index (χ0v) is 11.9. The first-order valence-electron chi connectivity index (χ1n) is 6.70. The lowest BCUT2D eigenvalue weighted by molar-refractivity contribution is -0.139. The molecular weight excluding hydrogens is 258 g/mol. The summed E-state index contributed by atoms with van der Waals surface area (Å²) in [5.74, 6) is -1.39. The summed E-state index contributed by atoms with van der Waals surface area (Å²) in [7, 11) is 1.56. The minimum absolute atomic E-state index is 0.349. The predicted molar refractivity (Wildman–Crippen MR) is 75.8 cm³/mol. The zero-order valence-electron chi connectivity index (χ0n) is 11.9. The van der Waals surface area contributed by atoms with Gasteiger partial charge in [-0.3, -0.25) is 4.79 Å². The van der Waals surface area contributed by atoms with E-state index in [9.17, 15) is 9.59 Å². The van der Waals surface area contributed by atoms with Crippen LogP contribution in [0.25, 0.3) is 0 Å². The van der Waals surface area contributed by atoms with Gasteiger partial charge in [0.25, 0.3) is 5.91 Å². The first-order chi connectivity index (χ1) is 9.58. The third-order valence-electron chi connectivity index (χ3n) is 3.07. The fourth-order valence-corrected chi connectivity index (χ4v) is 1.82. The molecule has 0 aliphatic heterocycles. The van der Waals surface area contributed by atoms with Crippen LogP contribution in [0.1, 0.15) is 35.7 Å². The minimum atomic E-state index is -1.03. The third kappa shape index (κ3) is 5.01. The fourth-order valence-electron chi connectivity index (χ4n) is 1.82. The summed E-state index contributed by atoms with van der Waals surface area (Å²) in [5, 5.41) is 11.6. The fraction of sp³-hybridized carbons (Fsp3) is 0.467. The Bertz CT molecular complexity index is 442. The van der Waals surface area contributed by atoms with Gasteiger partial charge in [0.1, 0.15) is 6.04 Å². The summed E-state index contributed by atoms with van der Waals surface area (Å²) in [6.45, 7) is 2.51. The lowest BCUT2D eigenvalue weighted by atomic mass is 10.1. The maximum atomic E-state index is 12.0. The lowest BCUT2D eigenvalue weighted by Crippen LogP contribution is -2.40. The van der Waals surface area contributed by atoms with Crippen molar-refractivity contribution in [3.05, 3.63) is 35.4 Å². The molecule has 1 amide bonds. The Morgan fingerprint density at radius 1 is 1.30 bits per heavy atom. The molecule has 1 aromatic rings. The second kappa shape index (κ2) is 8.32. The number of aryl methyl sites for hydroxylation is 1. The molecule has 1 rings (SSSR count). The second-order valence-corrected chi connectivity index (χ2v) is 4.55. The van der Waals surface area contributed by atoms with Crippen molar-refractivity contribution >= 4 is 11.9 Å². The summed E-state index contributed by atoms with van der Waals surface area (Å²) in [6.07, 6.45) is 1.83. The third-order valence-corrected chi connectivity index (χ3v) is 3.07. The van der Waals surface area contributed by atoms with Crippen LogP contribution < -0.4 is 5.32 Å². The molecule has 0 saturated heterocycles. The molecule has 110 valence electrons. The number of carbonyl (C=O) groups is 2. The number of carboxylic acid groups (broad SMARTS) is 1. The van der Waals surface area contributed by atoms with E-state index in [1.807, 2.05) is 19.1 Å². The van der Waals surface area contributed by atoms with Crippen LogP contribution in [-0.2, 0) is 16.0 Å². The van der Waals surface area contributed by atoms with E-state index >= 15 is 0 Å². The monoisotopic (exact) mass is 279 g/mol. The number of carbonyl (C=O) groups excluding carboxylic acids is 1. The van der Waals surface area contributed by atoms with Crippen molar-refractivity contribution in [2.45, 2.75) is 32.2 Å². The molecule has 0 fully saturated rings. The molecule has 0 spiro atoms. The smallest absolute Gasteiger partial charge is 0.326 e. The Morgan fingerprint density at radius 3 is 2.45 bits per heavy atom. The van der Waals surface area contributed by atoms with Crippen molar-refractivity contribution in [1.82, 2.24) is 5.32 Å². The van der Waals surface area contributed by atoms with Crippen LogP contribution in [0.2, 0.25) is 0 Å². The van der Waals surface area contributed by atoms with E-state index in [1.54, 1.807) is 19.2 Å². The van der Waals surface area contributed by atoms with Crippen LogP contribution in [0, 0.1) is 0 Å². The van der Waals surface area contributed by atoms with E-state index in [0.717, 1.165) is 12.0 Å². The van der Waals surface area contributed by atoms with E-state index in [0.29, 0.717) is 25.0 Å². The largest absolute Gasteiger partial charge is 0.480 e. The summed E-state index contributed by atoms with van der Waals surface area (Å²) < 4.78 is 4.88. The van der Waals surface area contributed by atoms with Crippen molar-refractivity contribution in [3.8, 4) is 0 Å². The predicted octanol–water partition coefficient (Wildman–Crippen LogP) is 1.86. The molecule has 5 nitrogen and oxygen atoms in total. The van der Waals surface area contributed by atoms with Gasteiger partial charge in [-0.25, -0.2) is 4.79 Å². The van der Waals surface area contributed by atoms with Crippen LogP contribution in [0.5, 0.6) is 0 Å². The first kappa shape index (κ1) is 16.2. The molecule has 1 atom stereocenters. The molecule has 1 aromatic carbocycles. The standard InChI is InChI=1S/C15H21NO4/c1-3-11-6-8-12(9-7-11)14(17)16-13(15(18)19)5-4-10-20-2/h6-9,13H,3-5,10H2,1-2H3,(H,16,17)(H,18,19). The highest BCUT2D eigenvalue weighted by Crippen LogP contribution is 2.06. The number of carboxylic acids is 1. The quantitative estimate of drug-likeness (QED) is 0.712. The number of aliphatic carboxylic acids is 1. The average Bonchev–Trinajstić information content (AvgIpc) is 2.46. The van der Waals surface area contributed by atoms with Gasteiger partial charge in [0.2, 0.25) is 0 Å². The van der Waals surface area contributed by atoms with Crippen LogP contribution in [0.4, 0.5) is 0 Å². The van der Waals surface area contributed by atoms with Gasteiger partial charge in [0.15, 0.2) is 0 Å². The maximum Gasteiger partial charge on any atom is 0.326 e. The highest BCUT2D eigenvalue weighted by molar-refractivity contribution is 5.96. The van der Waals surface area contributed by atoms with Gasteiger partial charge in [-0.15, -0.1) is 0 Å².